The fourth-order valence-electron chi connectivity index (χ4n) is 1.92. The van der Waals surface area contributed by atoms with Crippen molar-refractivity contribution >= 4 is 6.21 Å². The highest BCUT2D eigenvalue weighted by atomic mass is 19.4. The Kier molecular flexibility index (Phi) is 5.25. The average molecular weight is 298 g/mol. The molecule has 0 heterocycles. The molecule has 2 rings (SSSR count). The molecule has 0 saturated carbocycles. The van der Waals surface area contributed by atoms with Crippen LogP contribution in [0.5, 0.6) is 5.75 Å². The van der Waals surface area contributed by atoms with Gasteiger partial charge in [-0.3, -0.25) is 0 Å². The number of allylic oxidation sites excluding steroid dienone is 2. The normalized spacial score (nSPS) is 15.9. The van der Waals surface area contributed by atoms with Gasteiger partial charge in [-0.1, -0.05) is 23.4 Å². The van der Waals surface area contributed by atoms with Crippen molar-refractivity contribution in [3.8, 4) is 5.75 Å². The average Bonchev–Trinajstić information content (AvgIpc) is 2.45. The Morgan fingerprint density at radius 3 is 2.52 bits per heavy atom. The molecule has 6 heteroatoms. The highest BCUT2D eigenvalue weighted by Crippen LogP contribution is 2.23. The highest BCUT2D eigenvalue weighted by molar-refractivity contribution is 5.78. The molecule has 1 aromatic rings. The van der Waals surface area contributed by atoms with Crippen molar-refractivity contribution in [2.24, 2.45) is 5.16 Å². The molecule has 0 atom stereocenters. The summed E-state index contributed by atoms with van der Waals surface area (Å²) in [6.07, 6.45) is 4.55. The van der Waals surface area contributed by atoms with E-state index in [-0.39, 0.29) is 12.4 Å². The monoisotopic (exact) mass is 298 g/mol. The molecule has 113 valence electrons. The van der Waals surface area contributed by atoms with E-state index in [4.69, 9.17) is 4.84 Å². The van der Waals surface area contributed by atoms with Crippen LogP contribution in [-0.4, -0.2) is 12.6 Å². The Balaban J connectivity index is 1.78. The molecule has 0 N–H and O–H groups in total. The summed E-state index contributed by atoms with van der Waals surface area (Å²) < 4.78 is 39.8. The van der Waals surface area contributed by atoms with Gasteiger partial charge in [0.2, 0.25) is 0 Å². The van der Waals surface area contributed by atoms with Crippen molar-refractivity contribution in [3.05, 3.63) is 41.5 Å². The van der Waals surface area contributed by atoms with E-state index in [0.717, 1.165) is 24.8 Å². The molecule has 1 aliphatic rings. The molecule has 0 aliphatic heterocycles. The van der Waals surface area contributed by atoms with E-state index < -0.39 is 6.36 Å². The minimum atomic E-state index is -4.68. The molecule has 1 aliphatic carbocycles. The second-order valence-corrected chi connectivity index (χ2v) is 4.64. The molecule has 3 nitrogen and oxygen atoms in total. The Morgan fingerprint density at radius 1 is 1.14 bits per heavy atom. The molecule has 0 amide bonds. The van der Waals surface area contributed by atoms with Gasteiger partial charge in [0.05, 0.1) is 0 Å². The molecule has 0 bridgehead atoms. The fourth-order valence-corrected chi connectivity index (χ4v) is 1.92. The molecule has 0 saturated heterocycles. The first-order valence-electron chi connectivity index (χ1n) is 6.65. The second-order valence-electron chi connectivity index (χ2n) is 4.64. The maximum atomic E-state index is 12.0. The summed E-state index contributed by atoms with van der Waals surface area (Å²) in [5, 5.41) is 3.74. The predicted molar refractivity (Wildman–Crippen MR) is 71.9 cm³/mol. The standard InChI is InChI=1S/C15H15F3NO2/c16-15(17,18)21-14-8-6-13(7-9-14)11-20-19-10-12-4-2-1-3-5-12/h4,6-9H,1-3,5,11H2. The van der Waals surface area contributed by atoms with Gasteiger partial charge in [0.1, 0.15) is 18.6 Å². The number of nitrogens with zero attached hydrogens (tertiary/aromatic N) is 1. The van der Waals surface area contributed by atoms with Crippen LogP contribution in [0.25, 0.3) is 0 Å². The largest absolute Gasteiger partial charge is 0.573 e. The first kappa shape index (κ1) is 15.4. The van der Waals surface area contributed by atoms with Gasteiger partial charge in [-0.05, 0) is 49.0 Å². The van der Waals surface area contributed by atoms with Crippen molar-refractivity contribution < 1.29 is 22.7 Å². The fraction of sp³-hybridized carbons (Fsp3) is 0.400. The van der Waals surface area contributed by atoms with Gasteiger partial charge >= 0.3 is 6.36 Å². The van der Waals surface area contributed by atoms with E-state index in [1.807, 2.05) is 0 Å². The third kappa shape index (κ3) is 5.89. The van der Waals surface area contributed by atoms with Crippen LogP contribution in [0.3, 0.4) is 0 Å². The van der Waals surface area contributed by atoms with E-state index in [1.165, 1.54) is 30.7 Å². The molecule has 0 fully saturated rings. The molecule has 0 aromatic heterocycles. The topological polar surface area (TPSA) is 30.8 Å². The lowest BCUT2D eigenvalue weighted by Gasteiger charge is -2.09. The number of hydrogen-bond donors (Lipinski definition) is 0. The summed E-state index contributed by atoms with van der Waals surface area (Å²) in [5.41, 5.74) is 1.74. The maximum Gasteiger partial charge on any atom is 0.573 e. The number of hydrogen-bond acceptors (Lipinski definition) is 3. The molecule has 0 spiro atoms. The first-order chi connectivity index (χ1) is 10.0. The minimum Gasteiger partial charge on any atom is -0.406 e. The SMILES string of the molecule is FC(F)(F)Oc1ccc(CO/N=[C]\C2=CCCCC2)cc1. The molecular formula is C15H15F3NO2. The second kappa shape index (κ2) is 7.15. The van der Waals surface area contributed by atoms with Crippen LogP contribution in [0.2, 0.25) is 0 Å². The Bertz CT molecular complexity index is 507. The molecule has 1 radical (unpaired) electrons. The van der Waals surface area contributed by atoms with Crippen molar-refractivity contribution in [1.82, 2.24) is 0 Å². The van der Waals surface area contributed by atoms with E-state index in [0.29, 0.717) is 5.56 Å². The van der Waals surface area contributed by atoms with E-state index in [2.05, 4.69) is 22.2 Å². The Labute approximate surface area is 121 Å². The Morgan fingerprint density at radius 2 is 1.90 bits per heavy atom. The van der Waals surface area contributed by atoms with Gasteiger partial charge < -0.3 is 9.57 Å². The quantitative estimate of drug-likeness (QED) is 0.593. The van der Waals surface area contributed by atoms with Gasteiger partial charge in [0.25, 0.3) is 0 Å². The molecule has 0 unspecified atom stereocenters. The van der Waals surface area contributed by atoms with Crippen LogP contribution >= 0.6 is 0 Å². The lowest BCUT2D eigenvalue weighted by atomic mass is 10.0. The zero-order chi connectivity index (χ0) is 15.1. The van der Waals surface area contributed by atoms with Crippen molar-refractivity contribution in [2.75, 3.05) is 0 Å². The van der Waals surface area contributed by atoms with Crippen LogP contribution in [0.1, 0.15) is 31.2 Å². The first-order valence-corrected chi connectivity index (χ1v) is 6.65. The van der Waals surface area contributed by atoms with Crippen LogP contribution in [0.4, 0.5) is 13.2 Å². The summed E-state index contributed by atoms with van der Waals surface area (Å²) in [6.45, 7) is 0.173. The summed E-state index contributed by atoms with van der Waals surface area (Å²) >= 11 is 0. The predicted octanol–water partition coefficient (Wildman–Crippen LogP) is 4.47. The highest BCUT2D eigenvalue weighted by Gasteiger charge is 2.30. The van der Waals surface area contributed by atoms with E-state index in [1.54, 1.807) is 0 Å². The summed E-state index contributed by atoms with van der Waals surface area (Å²) in [7, 11) is 0. The zero-order valence-electron chi connectivity index (χ0n) is 11.3. The molecule has 1 aromatic carbocycles. The third-order valence-electron chi connectivity index (χ3n) is 2.93. The van der Waals surface area contributed by atoms with Gasteiger partial charge in [0, 0.05) is 0 Å². The minimum absolute atomic E-state index is 0.173. The lowest BCUT2D eigenvalue weighted by molar-refractivity contribution is -0.274. The third-order valence-corrected chi connectivity index (χ3v) is 2.93. The number of halogens is 3. The van der Waals surface area contributed by atoms with Gasteiger partial charge in [-0.2, -0.15) is 0 Å². The van der Waals surface area contributed by atoms with Crippen LogP contribution in [-0.2, 0) is 11.4 Å². The number of alkyl halides is 3. The number of rotatable bonds is 5. The van der Waals surface area contributed by atoms with Crippen molar-refractivity contribution in [3.63, 3.8) is 0 Å². The Hall–Kier alpha value is -1.98. The van der Waals surface area contributed by atoms with Gasteiger partial charge in [-0.15, -0.1) is 13.2 Å². The maximum absolute atomic E-state index is 12.0. The van der Waals surface area contributed by atoms with Gasteiger partial charge in [-0.25, -0.2) is 0 Å². The van der Waals surface area contributed by atoms with Gasteiger partial charge in [0.15, 0.2) is 0 Å². The van der Waals surface area contributed by atoms with Crippen molar-refractivity contribution in [2.45, 2.75) is 38.7 Å². The smallest absolute Gasteiger partial charge is 0.406 e. The number of ether oxygens (including phenoxy) is 1. The van der Waals surface area contributed by atoms with E-state index >= 15 is 0 Å². The van der Waals surface area contributed by atoms with Crippen LogP contribution in [0, 0.1) is 0 Å². The summed E-state index contributed by atoms with van der Waals surface area (Å²) in [5.74, 6) is -0.256. The molecular weight excluding hydrogens is 283 g/mol. The van der Waals surface area contributed by atoms with Crippen LogP contribution < -0.4 is 4.74 Å². The van der Waals surface area contributed by atoms with E-state index in [9.17, 15) is 13.2 Å². The lowest BCUT2D eigenvalue weighted by Crippen LogP contribution is -2.17. The van der Waals surface area contributed by atoms with Crippen LogP contribution in [0.15, 0.2) is 41.1 Å². The molecule has 21 heavy (non-hydrogen) atoms. The van der Waals surface area contributed by atoms with Crippen molar-refractivity contribution in [1.29, 1.82) is 0 Å². The zero-order valence-corrected chi connectivity index (χ0v) is 11.3. The summed E-state index contributed by atoms with van der Waals surface area (Å²) in [4.78, 5) is 5.07. The summed E-state index contributed by atoms with van der Waals surface area (Å²) in [6, 6.07) is 5.47. The number of benzene rings is 1.